The zero-order valence-electron chi connectivity index (χ0n) is 13.3. The summed E-state index contributed by atoms with van der Waals surface area (Å²) in [6, 6.07) is 7.02. The third kappa shape index (κ3) is 2.95. The average molecular weight is 288 g/mol. The number of likely N-dealkylation sites (tertiary alicyclic amines) is 1. The Balaban J connectivity index is 1.74. The van der Waals surface area contributed by atoms with Gasteiger partial charge in [-0.1, -0.05) is 19.4 Å². The molecule has 1 heterocycles. The van der Waals surface area contributed by atoms with Crippen molar-refractivity contribution < 1.29 is 4.74 Å². The predicted molar refractivity (Wildman–Crippen MR) is 86.6 cm³/mol. The van der Waals surface area contributed by atoms with E-state index in [9.17, 15) is 0 Å². The molecule has 0 saturated carbocycles. The molecule has 1 aliphatic heterocycles. The van der Waals surface area contributed by atoms with E-state index in [2.05, 4.69) is 30.0 Å². The van der Waals surface area contributed by atoms with Gasteiger partial charge in [0.2, 0.25) is 0 Å². The highest BCUT2D eigenvalue weighted by Gasteiger charge is 2.33. The summed E-state index contributed by atoms with van der Waals surface area (Å²) in [5.41, 5.74) is 9.32. The molecule has 1 aliphatic carbocycles. The Hall–Kier alpha value is -1.06. The van der Waals surface area contributed by atoms with Crippen LogP contribution in [0.4, 0.5) is 0 Å². The van der Waals surface area contributed by atoms with Crippen LogP contribution in [-0.4, -0.2) is 31.1 Å². The fraction of sp³-hybridized carbons (Fsp3) is 0.667. The number of aryl methyl sites for hydroxylation is 1. The van der Waals surface area contributed by atoms with Crippen molar-refractivity contribution in [1.29, 1.82) is 0 Å². The Morgan fingerprint density at radius 2 is 2.00 bits per heavy atom. The number of piperidine rings is 1. The fourth-order valence-corrected chi connectivity index (χ4v) is 4.03. The largest absolute Gasteiger partial charge is 0.497 e. The van der Waals surface area contributed by atoms with E-state index in [0.717, 1.165) is 18.1 Å². The van der Waals surface area contributed by atoms with Gasteiger partial charge in [0.05, 0.1) is 7.11 Å². The molecule has 2 atom stereocenters. The number of rotatable bonds is 3. The van der Waals surface area contributed by atoms with Crippen LogP contribution in [-0.2, 0) is 6.42 Å². The van der Waals surface area contributed by atoms with Crippen molar-refractivity contribution in [1.82, 2.24) is 4.90 Å². The van der Waals surface area contributed by atoms with Gasteiger partial charge in [0, 0.05) is 12.1 Å². The van der Waals surface area contributed by atoms with Gasteiger partial charge in [-0.2, -0.15) is 0 Å². The highest BCUT2D eigenvalue weighted by Crippen LogP contribution is 2.35. The van der Waals surface area contributed by atoms with E-state index in [4.69, 9.17) is 10.5 Å². The molecule has 3 nitrogen and oxygen atoms in total. The van der Waals surface area contributed by atoms with E-state index in [1.165, 1.54) is 49.9 Å². The van der Waals surface area contributed by atoms with E-state index in [0.29, 0.717) is 6.04 Å². The van der Waals surface area contributed by atoms with Gasteiger partial charge in [0.1, 0.15) is 5.75 Å². The number of ether oxygens (including phenoxy) is 1. The molecule has 0 bridgehead atoms. The van der Waals surface area contributed by atoms with Gasteiger partial charge in [-0.05, 0) is 68.0 Å². The molecule has 0 spiro atoms. The molecule has 1 saturated heterocycles. The van der Waals surface area contributed by atoms with Crippen molar-refractivity contribution in [2.75, 3.05) is 20.2 Å². The van der Waals surface area contributed by atoms with E-state index >= 15 is 0 Å². The van der Waals surface area contributed by atoms with Gasteiger partial charge < -0.3 is 10.5 Å². The molecule has 3 rings (SSSR count). The van der Waals surface area contributed by atoms with Crippen molar-refractivity contribution in [3.8, 4) is 5.75 Å². The summed E-state index contributed by atoms with van der Waals surface area (Å²) in [5, 5.41) is 0. The molecule has 0 radical (unpaired) electrons. The second-order valence-electron chi connectivity index (χ2n) is 6.58. The van der Waals surface area contributed by atoms with Gasteiger partial charge >= 0.3 is 0 Å². The standard InChI is InChI=1S/C18H28N2O/c1-3-13-8-10-20(11-9-13)17-7-5-14-4-6-15(21-2)12-16(14)18(17)19/h4,6,12-13,17-18H,3,5,7-11,19H2,1-2H3. The minimum absolute atomic E-state index is 0.127. The minimum Gasteiger partial charge on any atom is -0.497 e. The number of methoxy groups -OCH3 is 1. The number of benzene rings is 1. The molecule has 1 aromatic rings. The smallest absolute Gasteiger partial charge is 0.119 e. The zero-order valence-corrected chi connectivity index (χ0v) is 13.3. The van der Waals surface area contributed by atoms with Crippen LogP contribution in [0, 0.1) is 5.92 Å². The fourth-order valence-electron chi connectivity index (χ4n) is 4.03. The van der Waals surface area contributed by atoms with Gasteiger partial charge in [-0.15, -0.1) is 0 Å². The molecular weight excluding hydrogens is 260 g/mol. The topological polar surface area (TPSA) is 38.5 Å². The van der Waals surface area contributed by atoms with Crippen LogP contribution in [0.5, 0.6) is 5.75 Å². The lowest BCUT2D eigenvalue weighted by molar-refractivity contribution is 0.104. The highest BCUT2D eigenvalue weighted by atomic mass is 16.5. The summed E-state index contributed by atoms with van der Waals surface area (Å²) in [7, 11) is 1.73. The number of nitrogens with zero attached hydrogens (tertiary/aromatic N) is 1. The quantitative estimate of drug-likeness (QED) is 0.928. The Labute approximate surface area is 128 Å². The van der Waals surface area contributed by atoms with Crippen LogP contribution in [0.3, 0.4) is 0 Å². The number of hydrogen-bond acceptors (Lipinski definition) is 3. The lowest BCUT2D eigenvalue weighted by Crippen LogP contribution is -2.48. The van der Waals surface area contributed by atoms with Crippen LogP contribution >= 0.6 is 0 Å². The average Bonchev–Trinajstić information content (AvgIpc) is 2.55. The Morgan fingerprint density at radius 3 is 2.67 bits per heavy atom. The normalized spacial score (nSPS) is 27.4. The minimum atomic E-state index is 0.127. The molecular formula is C18H28N2O. The lowest BCUT2D eigenvalue weighted by atomic mass is 9.82. The summed E-state index contributed by atoms with van der Waals surface area (Å²) >= 11 is 0. The van der Waals surface area contributed by atoms with Crippen molar-refractivity contribution in [2.45, 2.75) is 51.1 Å². The van der Waals surface area contributed by atoms with E-state index < -0.39 is 0 Å². The first-order valence-electron chi connectivity index (χ1n) is 8.39. The zero-order chi connectivity index (χ0) is 14.8. The molecule has 21 heavy (non-hydrogen) atoms. The molecule has 0 aromatic heterocycles. The maximum atomic E-state index is 6.61. The van der Waals surface area contributed by atoms with Gasteiger partial charge in [-0.25, -0.2) is 0 Å². The van der Waals surface area contributed by atoms with Gasteiger partial charge in [-0.3, -0.25) is 4.90 Å². The molecule has 2 unspecified atom stereocenters. The van der Waals surface area contributed by atoms with E-state index in [-0.39, 0.29) is 6.04 Å². The first-order valence-corrected chi connectivity index (χ1v) is 8.39. The van der Waals surface area contributed by atoms with Crippen LogP contribution in [0.1, 0.15) is 49.8 Å². The highest BCUT2D eigenvalue weighted by molar-refractivity contribution is 5.40. The second kappa shape index (κ2) is 6.37. The van der Waals surface area contributed by atoms with E-state index in [1.807, 2.05) is 0 Å². The number of hydrogen-bond donors (Lipinski definition) is 1. The van der Waals surface area contributed by atoms with Crippen molar-refractivity contribution in [3.63, 3.8) is 0 Å². The summed E-state index contributed by atoms with van der Waals surface area (Å²) in [5.74, 6) is 1.85. The van der Waals surface area contributed by atoms with Gasteiger partial charge in [0.15, 0.2) is 0 Å². The summed E-state index contributed by atoms with van der Waals surface area (Å²) in [6.45, 7) is 4.75. The number of fused-ring (bicyclic) bond motifs is 1. The molecule has 3 heteroatoms. The Bertz CT molecular complexity index is 480. The first kappa shape index (κ1) is 14.9. The first-order chi connectivity index (χ1) is 10.2. The number of nitrogens with two attached hydrogens (primary N) is 1. The lowest BCUT2D eigenvalue weighted by Gasteiger charge is -2.42. The SMILES string of the molecule is CCC1CCN(C2CCc3ccc(OC)cc3C2N)CC1. The molecule has 1 aromatic carbocycles. The predicted octanol–water partition coefficient (Wildman–Crippen LogP) is 3.13. The van der Waals surface area contributed by atoms with Crippen LogP contribution in [0.2, 0.25) is 0 Å². The molecule has 2 N–H and O–H groups in total. The molecule has 2 aliphatic rings. The third-order valence-corrected chi connectivity index (χ3v) is 5.53. The molecule has 1 fully saturated rings. The molecule has 0 amide bonds. The molecule has 116 valence electrons. The Morgan fingerprint density at radius 1 is 1.24 bits per heavy atom. The van der Waals surface area contributed by atoms with Crippen LogP contribution in [0.15, 0.2) is 18.2 Å². The van der Waals surface area contributed by atoms with Gasteiger partial charge in [0.25, 0.3) is 0 Å². The van der Waals surface area contributed by atoms with E-state index in [1.54, 1.807) is 7.11 Å². The second-order valence-corrected chi connectivity index (χ2v) is 6.58. The van der Waals surface area contributed by atoms with Crippen LogP contribution in [0.25, 0.3) is 0 Å². The maximum absolute atomic E-state index is 6.61. The van der Waals surface area contributed by atoms with Crippen LogP contribution < -0.4 is 10.5 Å². The van der Waals surface area contributed by atoms with Crippen molar-refractivity contribution in [2.24, 2.45) is 11.7 Å². The monoisotopic (exact) mass is 288 g/mol. The summed E-state index contributed by atoms with van der Waals surface area (Å²) < 4.78 is 5.37. The Kier molecular flexibility index (Phi) is 4.51. The maximum Gasteiger partial charge on any atom is 0.119 e. The van der Waals surface area contributed by atoms with Crippen molar-refractivity contribution in [3.05, 3.63) is 29.3 Å². The summed E-state index contributed by atoms with van der Waals surface area (Å²) in [6.07, 6.45) is 6.34. The van der Waals surface area contributed by atoms with Crippen molar-refractivity contribution >= 4 is 0 Å². The third-order valence-electron chi connectivity index (χ3n) is 5.53. The summed E-state index contributed by atoms with van der Waals surface area (Å²) in [4.78, 5) is 2.64.